The highest BCUT2D eigenvalue weighted by Gasteiger charge is 2.36. The molecule has 1 unspecified atom stereocenters. The van der Waals surface area contributed by atoms with E-state index in [0.717, 1.165) is 16.4 Å². The van der Waals surface area contributed by atoms with Gasteiger partial charge in [-0.15, -0.1) is 11.3 Å². The van der Waals surface area contributed by atoms with Gasteiger partial charge in [0.05, 0.1) is 17.5 Å². The van der Waals surface area contributed by atoms with Gasteiger partial charge in [-0.05, 0) is 35.7 Å². The number of nitriles is 1. The van der Waals surface area contributed by atoms with E-state index in [-0.39, 0.29) is 5.91 Å². The smallest absolute Gasteiger partial charge is 0.260 e. The molecule has 0 bridgehead atoms. The molecule has 0 saturated heterocycles. The van der Waals surface area contributed by atoms with Crippen LogP contribution in [0, 0.1) is 11.3 Å². The van der Waals surface area contributed by atoms with E-state index in [2.05, 4.69) is 6.07 Å². The summed E-state index contributed by atoms with van der Waals surface area (Å²) >= 11 is 1.48. The van der Waals surface area contributed by atoms with Crippen LogP contribution >= 0.6 is 11.3 Å². The van der Waals surface area contributed by atoms with Crippen molar-refractivity contribution in [2.75, 3.05) is 4.90 Å². The Balaban J connectivity index is 1.90. The first-order valence-corrected chi connectivity index (χ1v) is 7.72. The molecule has 1 aromatic carbocycles. The van der Waals surface area contributed by atoms with Crippen LogP contribution in [0.2, 0.25) is 0 Å². The number of fused-ring (bicyclic) bond motifs is 3. The van der Waals surface area contributed by atoms with Crippen molar-refractivity contribution in [3.8, 4) is 11.8 Å². The number of benzene rings is 1. The number of aromatic nitrogens is 1. The molecule has 3 heterocycles. The van der Waals surface area contributed by atoms with E-state index in [1.165, 1.54) is 11.3 Å². The van der Waals surface area contributed by atoms with E-state index in [1.807, 2.05) is 52.5 Å². The van der Waals surface area contributed by atoms with Gasteiger partial charge < -0.3 is 4.57 Å². The Hall–Kier alpha value is -2.84. The maximum absolute atomic E-state index is 12.9. The molecule has 0 N–H and O–H groups in total. The van der Waals surface area contributed by atoms with Gasteiger partial charge in [0.2, 0.25) is 0 Å². The summed E-state index contributed by atoms with van der Waals surface area (Å²) in [5, 5.41) is 12.4. The topological polar surface area (TPSA) is 49.0 Å². The highest BCUT2D eigenvalue weighted by Crippen LogP contribution is 2.42. The number of nitrogens with zero attached hydrogens (tertiary/aromatic N) is 3. The van der Waals surface area contributed by atoms with Gasteiger partial charge in [-0.1, -0.05) is 18.2 Å². The normalized spacial score (nSPS) is 15.8. The van der Waals surface area contributed by atoms with Crippen molar-refractivity contribution in [2.24, 2.45) is 0 Å². The highest BCUT2D eigenvalue weighted by molar-refractivity contribution is 7.15. The second-order valence-corrected chi connectivity index (χ2v) is 5.88. The maximum Gasteiger partial charge on any atom is 0.260 e. The molecule has 0 aliphatic carbocycles. The van der Waals surface area contributed by atoms with Crippen molar-refractivity contribution in [1.29, 1.82) is 5.26 Å². The molecule has 3 aromatic rings. The second-order valence-electron chi connectivity index (χ2n) is 4.99. The molecule has 106 valence electrons. The van der Waals surface area contributed by atoms with Gasteiger partial charge in [-0.3, -0.25) is 9.69 Å². The summed E-state index contributed by atoms with van der Waals surface area (Å²) in [5.74, 6) is -0.150. The predicted octanol–water partition coefficient (Wildman–Crippen LogP) is 3.76. The van der Waals surface area contributed by atoms with Crippen LogP contribution in [-0.2, 0) is 0 Å². The molecule has 1 amide bonds. The molecule has 0 radical (unpaired) electrons. The van der Waals surface area contributed by atoms with Crippen molar-refractivity contribution < 1.29 is 4.79 Å². The number of hydrogen-bond donors (Lipinski definition) is 0. The molecule has 2 aromatic heterocycles. The van der Waals surface area contributed by atoms with Gasteiger partial charge >= 0.3 is 0 Å². The fourth-order valence-electron chi connectivity index (χ4n) is 2.80. The predicted molar refractivity (Wildman–Crippen MR) is 85.3 cm³/mol. The van der Waals surface area contributed by atoms with Gasteiger partial charge in [0.15, 0.2) is 6.04 Å². The first-order valence-electron chi connectivity index (χ1n) is 6.84. The molecule has 1 aliphatic heterocycles. The average molecular weight is 305 g/mol. The van der Waals surface area contributed by atoms with Crippen LogP contribution in [0.25, 0.3) is 5.69 Å². The third-order valence-corrected chi connectivity index (χ3v) is 4.68. The van der Waals surface area contributed by atoms with E-state index in [0.29, 0.717) is 5.56 Å². The number of hydrogen-bond acceptors (Lipinski definition) is 3. The van der Waals surface area contributed by atoms with Crippen LogP contribution in [0.5, 0.6) is 0 Å². The van der Waals surface area contributed by atoms with Gasteiger partial charge in [-0.25, -0.2) is 0 Å². The molecule has 4 rings (SSSR count). The summed E-state index contributed by atoms with van der Waals surface area (Å²) in [6.07, 6.45) is 1.93. The molecule has 1 atom stereocenters. The zero-order valence-electron chi connectivity index (χ0n) is 11.5. The van der Waals surface area contributed by atoms with Crippen molar-refractivity contribution >= 4 is 22.2 Å². The largest absolute Gasteiger partial charge is 0.315 e. The van der Waals surface area contributed by atoms with Crippen LogP contribution in [-0.4, -0.2) is 10.5 Å². The minimum atomic E-state index is -0.617. The molecule has 0 saturated carbocycles. The number of thiophene rings is 1. The molecule has 22 heavy (non-hydrogen) atoms. The maximum atomic E-state index is 12.9. The van der Waals surface area contributed by atoms with Crippen LogP contribution < -0.4 is 4.90 Å². The standard InChI is InChI=1S/C17H11N3OS/c18-11-15-13-7-4-9-19(13)14-8-10-22-17(14)20(15)16(21)12-5-2-1-3-6-12/h1-10,15H. The summed E-state index contributed by atoms with van der Waals surface area (Å²) in [6.45, 7) is 0. The van der Waals surface area contributed by atoms with E-state index in [1.54, 1.807) is 17.0 Å². The summed E-state index contributed by atoms with van der Waals surface area (Å²) in [4.78, 5) is 14.5. The Kier molecular flexibility index (Phi) is 2.84. The average Bonchev–Trinajstić information content (AvgIpc) is 3.22. The molecule has 0 spiro atoms. The third-order valence-electron chi connectivity index (χ3n) is 3.78. The fraction of sp³-hybridized carbons (Fsp3) is 0.0588. The minimum absolute atomic E-state index is 0.150. The Morgan fingerprint density at radius 2 is 1.95 bits per heavy atom. The van der Waals surface area contributed by atoms with Gasteiger partial charge in [0.25, 0.3) is 5.91 Å². The summed E-state index contributed by atoms with van der Waals surface area (Å²) in [6, 6.07) is 16.5. The summed E-state index contributed by atoms with van der Waals surface area (Å²) in [5.41, 5.74) is 2.35. The first kappa shape index (κ1) is 12.9. The highest BCUT2D eigenvalue weighted by atomic mass is 32.1. The SMILES string of the molecule is N#CC1c2cccn2-c2ccsc2N1C(=O)c1ccccc1. The van der Waals surface area contributed by atoms with Crippen LogP contribution in [0.1, 0.15) is 22.1 Å². The molecule has 0 fully saturated rings. The van der Waals surface area contributed by atoms with Gasteiger partial charge in [0.1, 0.15) is 5.00 Å². The number of amides is 1. The quantitative estimate of drug-likeness (QED) is 0.687. The van der Waals surface area contributed by atoms with Crippen molar-refractivity contribution in [3.63, 3.8) is 0 Å². The van der Waals surface area contributed by atoms with Gasteiger partial charge in [0, 0.05) is 11.8 Å². The lowest BCUT2D eigenvalue weighted by Gasteiger charge is -2.32. The zero-order valence-corrected chi connectivity index (χ0v) is 12.3. The lowest BCUT2D eigenvalue weighted by atomic mass is 10.1. The van der Waals surface area contributed by atoms with Gasteiger partial charge in [-0.2, -0.15) is 5.26 Å². The first-order chi connectivity index (χ1) is 10.8. The molecule has 4 nitrogen and oxygen atoms in total. The summed E-state index contributed by atoms with van der Waals surface area (Å²) in [7, 11) is 0. The molecular formula is C17H11N3OS. The summed E-state index contributed by atoms with van der Waals surface area (Å²) < 4.78 is 1.98. The molecule has 1 aliphatic rings. The second kappa shape index (κ2) is 4.86. The molecule has 5 heteroatoms. The fourth-order valence-corrected chi connectivity index (χ4v) is 3.71. The Bertz CT molecular complexity index is 888. The Morgan fingerprint density at radius 1 is 1.14 bits per heavy atom. The number of rotatable bonds is 1. The van der Waals surface area contributed by atoms with Crippen molar-refractivity contribution in [3.05, 3.63) is 71.4 Å². The minimum Gasteiger partial charge on any atom is -0.315 e. The Labute approximate surface area is 131 Å². The Morgan fingerprint density at radius 3 is 2.73 bits per heavy atom. The molecular weight excluding hydrogens is 294 g/mol. The van der Waals surface area contributed by atoms with E-state index >= 15 is 0 Å². The monoisotopic (exact) mass is 305 g/mol. The van der Waals surface area contributed by atoms with Crippen molar-refractivity contribution in [1.82, 2.24) is 4.57 Å². The van der Waals surface area contributed by atoms with Crippen molar-refractivity contribution in [2.45, 2.75) is 6.04 Å². The van der Waals surface area contributed by atoms with Crippen LogP contribution in [0.3, 0.4) is 0 Å². The van der Waals surface area contributed by atoms with E-state index in [4.69, 9.17) is 0 Å². The number of carbonyl (C=O) groups is 1. The van der Waals surface area contributed by atoms with E-state index in [9.17, 15) is 10.1 Å². The third kappa shape index (κ3) is 1.71. The van der Waals surface area contributed by atoms with Crippen LogP contribution in [0.4, 0.5) is 5.00 Å². The number of anilines is 1. The van der Waals surface area contributed by atoms with Crippen LogP contribution in [0.15, 0.2) is 60.1 Å². The lowest BCUT2D eigenvalue weighted by Crippen LogP contribution is -2.37. The van der Waals surface area contributed by atoms with E-state index < -0.39 is 6.04 Å². The number of carbonyl (C=O) groups excluding carboxylic acids is 1. The zero-order chi connectivity index (χ0) is 15.1. The lowest BCUT2D eigenvalue weighted by molar-refractivity contribution is 0.0980.